The van der Waals surface area contributed by atoms with Crippen molar-refractivity contribution in [1.29, 1.82) is 0 Å². The minimum absolute atomic E-state index is 0.0185. The van der Waals surface area contributed by atoms with E-state index in [2.05, 4.69) is 5.10 Å². The highest BCUT2D eigenvalue weighted by atomic mass is 16.6. The van der Waals surface area contributed by atoms with E-state index in [1.54, 1.807) is 30.3 Å². The zero-order valence-corrected chi connectivity index (χ0v) is 17.1. The Morgan fingerprint density at radius 2 is 1.81 bits per heavy atom. The quantitative estimate of drug-likeness (QED) is 0.213. The number of nitrogens with zero attached hydrogens (tertiary/aromatic N) is 4. The molecule has 3 aromatic rings. The van der Waals surface area contributed by atoms with Gasteiger partial charge in [-0.05, 0) is 29.8 Å². The second kappa shape index (κ2) is 9.51. The van der Waals surface area contributed by atoms with Gasteiger partial charge in [-0.1, -0.05) is 24.3 Å². The van der Waals surface area contributed by atoms with Crippen LogP contribution in [0.5, 0.6) is 11.5 Å². The maximum Gasteiger partial charge on any atom is 0.318 e. The molecule has 0 bridgehead atoms. The van der Waals surface area contributed by atoms with Crippen molar-refractivity contribution in [2.75, 3.05) is 7.11 Å². The number of methoxy groups -OCH3 is 1. The van der Waals surface area contributed by atoms with E-state index in [9.17, 15) is 25.0 Å². The summed E-state index contributed by atoms with van der Waals surface area (Å²) in [5.41, 5.74) is 0.380. The Bertz CT molecular complexity index is 1220. The molecule has 164 valence electrons. The van der Waals surface area contributed by atoms with Gasteiger partial charge in [-0.15, -0.1) is 0 Å². The first kappa shape index (κ1) is 22.2. The highest BCUT2D eigenvalue weighted by molar-refractivity contribution is 6.08. The topological polar surface area (TPSA) is 140 Å². The van der Waals surface area contributed by atoms with Crippen molar-refractivity contribution in [2.24, 2.45) is 7.05 Å². The van der Waals surface area contributed by atoms with Crippen LogP contribution in [-0.4, -0.2) is 32.5 Å². The number of hydrogen-bond donors (Lipinski definition) is 0. The normalized spacial score (nSPS) is 10.8. The number of para-hydroxylation sites is 2. The van der Waals surface area contributed by atoms with Crippen LogP contribution in [0.1, 0.15) is 21.6 Å². The lowest BCUT2D eigenvalue weighted by Gasteiger charge is -2.11. The van der Waals surface area contributed by atoms with Crippen molar-refractivity contribution in [2.45, 2.75) is 6.61 Å². The Morgan fingerprint density at radius 1 is 1.09 bits per heavy atom. The van der Waals surface area contributed by atoms with Crippen LogP contribution in [0.4, 0.5) is 11.4 Å². The Kier molecular flexibility index (Phi) is 6.59. The molecule has 0 aliphatic carbocycles. The fourth-order valence-corrected chi connectivity index (χ4v) is 2.94. The van der Waals surface area contributed by atoms with Crippen LogP contribution in [0, 0.1) is 20.2 Å². The third kappa shape index (κ3) is 4.95. The molecule has 0 unspecified atom stereocenters. The van der Waals surface area contributed by atoms with Crippen molar-refractivity contribution in [1.82, 2.24) is 9.78 Å². The second-order valence-corrected chi connectivity index (χ2v) is 6.58. The van der Waals surface area contributed by atoms with Crippen LogP contribution in [0.15, 0.2) is 54.7 Å². The van der Waals surface area contributed by atoms with Crippen LogP contribution in [0.2, 0.25) is 0 Å². The van der Waals surface area contributed by atoms with Gasteiger partial charge in [-0.3, -0.25) is 29.7 Å². The number of ether oxygens (including phenoxy) is 2. The number of aryl methyl sites for hydroxylation is 1. The zero-order chi connectivity index (χ0) is 23.3. The van der Waals surface area contributed by atoms with E-state index in [-0.39, 0.29) is 29.4 Å². The summed E-state index contributed by atoms with van der Waals surface area (Å²) in [6, 6.07) is 11.0. The highest BCUT2D eigenvalue weighted by Crippen LogP contribution is 2.29. The van der Waals surface area contributed by atoms with Gasteiger partial charge in [-0.25, -0.2) is 0 Å². The summed E-state index contributed by atoms with van der Waals surface area (Å²) in [5.74, 6) is -0.0172. The molecule has 0 fully saturated rings. The molecular weight excluding hydrogens is 420 g/mol. The Balaban J connectivity index is 1.81. The lowest BCUT2D eigenvalue weighted by Crippen LogP contribution is -2.02. The molecule has 0 radical (unpaired) electrons. The Labute approximate surface area is 181 Å². The van der Waals surface area contributed by atoms with E-state index in [0.29, 0.717) is 16.9 Å². The third-order valence-electron chi connectivity index (χ3n) is 4.42. The number of aromatic nitrogens is 2. The number of nitro groups is 2. The molecule has 11 nitrogen and oxygen atoms in total. The van der Waals surface area contributed by atoms with E-state index in [0.717, 1.165) is 6.20 Å². The van der Waals surface area contributed by atoms with Gasteiger partial charge in [0.05, 0.1) is 17.0 Å². The van der Waals surface area contributed by atoms with Gasteiger partial charge in [0, 0.05) is 18.7 Å². The number of hydrogen-bond acceptors (Lipinski definition) is 8. The fourth-order valence-electron chi connectivity index (χ4n) is 2.94. The first-order valence-electron chi connectivity index (χ1n) is 9.23. The number of carbonyl (C=O) groups is 1. The maximum atomic E-state index is 12.4. The van der Waals surface area contributed by atoms with Gasteiger partial charge in [0.15, 0.2) is 5.75 Å². The average Bonchev–Trinajstić information content (AvgIpc) is 3.18. The number of allylic oxidation sites excluding steroid dienone is 1. The number of ketones is 1. The first-order chi connectivity index (χ1) is 15.3. The molecule has 0 aliphatic heterocycles. The second-order valence-electron chi connectivity index (χ2n) is 6.58. The van der Waals surface area contributed by atoms with Crippen molar-refractivity contribution in [3.05, 3.63) is 91.8 Å². The van der Waals surface area contributed by atoms with Gasteiger partial charge in [0.1, 0.15) is 18.6 Å². The van der Waals surface area contributed by atoms with E-state index in [4.69, 9.17) is 9.47 Å². The molecule has 11 heteroatoms. The molecule has 1 aromatic heterocycles. The summed E-state index contributed by atoms with van der Waals surface area (Å²) in [6.07, 6.45) is 3.82. The van der Waals surface area contributed by atoms with E-state index < -0.39 is 15.6 Å². The van der Waals surface area contributed by atoms with Crippen molar-refractivity contribution in [3.8, 4) is 11.5 Å². The lowest BCUT2D eigenvalue weighted by atomic mass is 10.1. The number of carbonyl (C=O) groups excluding carboxylic acids is 1. The molecule has 0 spiro atoms. The third-order valence-corrected chi connectivity index (χ3v) is 4.42. The molecule has 0 saturated heterocycles. The first-order valence-corrected chi connectivity index (χ1v) is 9.23. The molecular formula is C21H18N4O7. The average molecular weight is 438 g/mol. The van der Waals surface area contributed by atoms with Gasteiger partial charge in [0.25, 0.3) is 0 Å². The predicted octanol–water partition coefficient (Wildman–Crippen LogP) is 3.72. The Hall–Kier alpha value is -4.54. The van der Waals surface area contributed by atoms with Gasteiger partial charge < -0.3 is 9.47 Å². The molecule has 0 amide bonds. The van der Waals surface area contributed by atoms with E-state index in [1.165, 1.54) is 43.1 Å². The van der Waals surface area contributed by atoms with Crippen molar-refractivity contribution < 1.29 is 24.1 Å². The SMILES string of the molecule is COc1ccc(/C=C/C(=O)c2nn(C)cc2[N+](=O)[O-])cc1COc1ccccc1[N+](=O)[O-]. The summed E-state index contributed by atoms with van der Waals surface area (Å²) < 4.78 is 12.1. The minimum atomic E-state index is -0.667. The van der Waals surface area contributed by atoms with E-state index >= 15 is 0 Å². The highest BCUT2D eigenvalue weighted by Gasteiger charge is 2.23. The maximum absolute atomic E-state index is 12.4. The van der Waals surface area contributed by atoms with Crippen LogP contribution in [-0.2, 0) is 13.7 Å². The predicted molar refractivity (Wildman–Crippen MR) is 114 cm³/mol. The molecule has 1 heterocycles. The lowest BCUT2D eigenvalue weighted by molar-refractivity contribution is -0.386. The van der Waals surface area contributed by atoms with Crippen LogP contribution in [0.25, 0.3) is 6.08 Å². The van der Waals surface area contributed by atoms with Gasteiger partial charge >= 0.3 is 11.4 Å². The van der Waals surface area contributed by atoms with Crippen molar-refractivity contribution in [3.63, 3.8) is 0 Å². The van der Waals surface area contributed by atoms with Crippen LogP contribution >= 0.6 is 0 Å². The summed E-state index contributed by atoms with van der Waals surface area (Å²) in [5, 5.41) is 26.1. The number of benzene rings is 2. The Morgan fingerprint density at radius 3 is 2.50 bits per heavy atom. The van der Waals surface area contributed by atoms with Crippen molar-refractivity contribution >= 4 is 23.2 Å². The molecule has 0 aliphatic rings. The summed E-state index contributed by atoms with van der Waals surface area (Å²) in [7, 11) is 2.96. The number of nitro benzene ring substituents is 1. The van der Waals surface area contributed by atoms with Crippen LogP contribution in [0.3, 0.4) is 0 Å². The van der Waals surface area contributed by atoms with Gasteiger partial charge in [0.2, 0.25) is 11.5 Å². The smallest absolute Gasteiger partial charge is 0.318 e. The molecule has 0 atom stereocenters. The van der Waals surface area contributed by atoms with Gasteiger partial charge in [-0.2, -0.15) is 5.10 Å². The monoisotopic (exact) mass is 438 g/mol. The molecule has 0 saturated carbocycles. The summed E-state index contributed by atoms with van der Waals surface area (Å²) in [4.78, 5) is 33.4. The standard InChI is InChI=1S/C21H18N4O7/c1-23-12-17(25(29)30)21(22-23)18(26)9-7-14-8-10-19(31-2)15(11-14)13-32-20-6-4-3-5-16(20)24(27)28/h3-12H,13H2,1-2H3/b9-7+. The van der Waals surface area contributed by atoms with E-state index in [1.807, 2.05) is 0 Å². The largest absolute Gasteiger partial charge is 0.496 e. The molecule has 3 rings (SSSR count). The zero-order valence-electron chi connectivity index (χ0n) is 17.1. The fraction of sp³-hybridized carbons (Fsp3) is 0.143. The minimum Gasteiger partial charge on any atom is -0.496 e. The molecule has 32 heavy (non-hydrogen) atoms. The molecule has 0 N–H and O–H groups in total. The number of rotatable bonds is 9. The van der Waals surface area contributed by atoms with Crippen LogP contribution < -0.4 is 9.47 Å². The summed E-state index contributed by atoms with van der Waals surface area (Å²) in [6.45, 7) is -0.0185. The summed E-state index contributed by atoms with van der Waals surface area (Å²) >= 11 is 0. The molecule has 2 aromatic carbocycles.